The van der Waals surface area contributed by atoms with E-state index in [1.54, 1.807) is 35.2 Å². The first-order valence-corrected chi connectivity index (χ1v) is 7.11. The molecule has 0 radical (unpaired) electrons. The minimum Gasteiger partial charge on any atom is -0.481 e. The molecule has 0 spiro atoms. The SMILES string of the molecule is CCCN1C(=O)COc2cc(NC(=O)c3ccco3)ccc21. The van der Waals surface area contributed by atoms with Crippen molar-refractivity contribution in [1.82, 2.24) is 0 Å². The van der Waals surface area contributed by atoms with Gasteiger partial charge in [-0.15, -0.1) is 0 Å². The zero-order valence-corrected chi connectivity index (χ0v) is 12.2. The molecule has 3 rings (SSSR count). The summed E-state index contributed by atoms with van der Waals surface area (Å²) in [5.74, 6) is 0.440. The fraction of sp³-hybridized carbons (Fsp3) is 0.250. The van der Waals surface area contributed by atoms with Gasteiger partial charge in [0.15, 0.2) is 12.4 Å². The number of carbonyl (C=O) groups is 2. The van der Waals surface area contributed by atoms with E-state index >= 15 is 0 Å². The van der Waals surface area contributed by atoms with Crippen LogP contribution >= 0.6 is 0 Å². The summed E-state index contributed by atoms with van der Waals surface area (Å²) >= 11 is 0. The Morgan fingerprint density at radius 3 is 2.95 bits per heavy atom. The molecule has 2 amide bonds. The van der Waals surface area contributed by atoms with Crippen LogP contribution in [0.25, 0.3) is 0 Å². The molecule has 22 heavy (non-hydrogen) atoms. The molecular weight excluding hydrogens is 284 g/mol. The highest BCUT2D eigenvalue weighted by Crippen LogP contribution is 2.34. The topological polar surface area (TPSA) is 71.8 Å². The summed E-state index contributed by atoms with van der Waals surface area (Å²) in [4.78, 5) is 25.5. The Morgan fingerprint density at radius 1 is 1.36 bits per heavy atom. The van der Waals surface area contributed by atoms with Crippen LogP contribution < -0.4 is 15.0 Å². The summed E-state index contributed by atoms with van der Waals surface area (Å²) < 4.78 is 10.5. The van der Waals surface area contributed by atoms with Crippen molar-refractivity contribution < 1.29 is 18.7 Å². The zero-order valence-electron chi connectivity index (χ0n) is 12.2. The van der Waals surface area contributed by atoms with Gasteiger partial charge in [0, 0.05) is 18.3 Å². The second kappa shape index (κ2) is 5.93. The first kappa shape index (κ1) is 14.2. The van der Waals surface area contributed by atoms with Crippen molar-refractivity contribution in [3.05, 3.63) is 42.4 Å². The fourth-order valence-corrected chi connectivity index (χ4v) is 2.35. The van der Waals surface area contributed by atoms with E-state index in [4.69, 9.17) is 9.15 Å². The quantitative estimate of drug-likeness (QED) is 0.942. The number of nitrogens with one attached hydrogen (secondary N) is 1. The standard InChI is InChI=1S/C16H16N2O4/c1-2-7-18-12-6-5-11(9-14(12)22-10-15(18)19)17-16(20)13-4-3-8-21-13/h3-6,8-9H,2,7,10H2,1H3,(H,17,20). The van der Waals surface area contributed by atoms with Gasteiger partial charge in [0.25, 0.3) is 11.8 Å². The third-order valence-corrected chi connectivity index (χ3v) is 3.35. The number of anilines is 2. The molecule has 0 fully saturated rings. The molecule has 6 nitrogen and oxygen atoms in total. The molecule has 1 N–H and O–H groups in total. The number of ether oxygens (including phenoxy) is 1. The Kier molecular flexibility index (Phi) is 3.82. The van der Waals surface area contributed by atoms with Crippen LogP contribution in [0.1, 0.15) is 23.9 Å². The van der Waals surface area contributed by atoms with Crippen LogP contribution in [0.3, 0.4) is 0 Å². The van der Waals surface area contributed by atoms with E-state index in [0.717, 1.165) is 12.1 Å². The van der Waals surface area contributed by atoms with E-state index < -0.39 is 0 Å². The summed E-state index contributed by atoms with van der Waals surface area (Å²) in [6, 6.07) is 8.47. The van der Waals surface area contributed by atoms with Gasteiger partial charge in [0.1, 0.15) is 5.75 Å². The van der Waals surface area contributed by atoms with Crippen molar-refractivity contribution in [3.63, 3.8) is 0 Å². The van der Waals surface area contributed by atoms with Gasteiger partial charge in [-0.3, -0.25) is 9.59 Å². The van der Waals surface area contributed by atoms with Crippen molar-refractivity contribution in [2.45, 2.75) is 13.3 Å². The Morgan fingerprint density at radius 2 is 2.23 bits per heavy atom. The Hall–Kier alpha value is -2.76. The summed E-state index contributed by atoms with van der Waals surface area (Å²) in [5.41, 5.74) is 1.32. The van der Waals surface area contributed by atoms with E-state index in [1.807, 2.05) is 6.92 Å². The molecule has 114 valence electrons. The van der Waals surface area contributed by atoms with Gasteiger partial charge < -0.3 is 19.4 Å². The zero-order chi connectivity index (χ0) is 15.5. The first-order valence-electron chi connectivity index (χ1n) is 7.11. The number of fused-ring (bicyclic) bond motifs is 1. The maximum Gasteiger partial charge on any atom is 0.291 e. The lowest BCUT2D eigenvalue weighted by molar-refractivity contribution is -0.121. The summed E-state index contributed by atoms with van der Waals surface area (Å²) in [7, 11) is 0. The second-order valence-corrected chi connectivity index (χ2v) is 4.95. The largest absolute Gasteiger partial charge is 0.481 e. The molecule has 1 aliphatic rings. The Bertz CT molecular complexity index is 694. The van der Waals surface area contributed by atoms with Gasteiger partial charge in [-0.25, -0.2) is 0 Å². The van der Waals surface area contributed by atoms with Crippen molar-refractivity contribution >= 4 is 23.2 Å². The number of hydrogen-bond acceptors (Lipinski definition) is 4. The fourth-order valence-electron chi connectivity index (χ4n) is 2.35. The third-order valence-electron chi connectivity index (χ3n) is 3.35. The lowest BCUT2D eigenvalue weighted by atomic mass is 10.2. The molecule has 0 atom stereocenters. The molecule has 2 heterocycles. The van der Waals surface area contributed by atoms with Crippen LogP contribution in [0.15, 0.2) is 41.0 Å². The van der Waals surface area contributed by atoms with Crippen LogP contribution in [0.5, 0.6) is 5.75 Å². The predicted octanol–water partition coefficient (Wildman–Crippen LogP) is 2.67. The van der Waals surface area contributed by atoms with E-state index in [2.05, 4.69) is 5.32 Å². The predicted molar refractivity (Wildman–Crippen MR) is 81.2 cm³/mol. The second-order valence-electron chi connectivity index (χ2n) is 4.95. The molecule has 6 heteroatoms. The lowest BCUT2D eigenvalue weighted by Crippen LogP contribution is -2.39. The lowest BCUT2D eigenvalue weighted by Gasteiger charge is -2.29. The maximum absolute atomic E-state index is 12.0. The Labute approximate surface area is 127 Å². The number of carbonyl (C=O) groups excluding carboxylic acids is 2. The van der Waals surface area contributed by atoms with Crippen molar-refractivity contribution in [2.75, 3.05) is 23.4 Å². The monoisotopic (exact) mass is 300 g/mol. The third kappa shape index (κ3) is 2.67. The van der Waals surface area contributed by atoms with Gasteiger partial charge in [-0.1, -0.05) is 6.92 Å². The number of nitrogens with zero attached hydrogens (tertiary/aromatic N) is 1. The van der Waals surface area contributed by atoms with Gasteiger partial charge >= 0.3 is 0 Å². The average molecular weight is 300 g/mol. The number of rotatable bonds is 4. The van der Waals surface area contributed by atoms with E-state index in [0.29, 0.717) is 18.0 Å². The van der Waals surface area contributed by atoms with Gasteiger partial charge in [0.05, 0.1) is 12.0 Å². The molecule has 0 unspecified atom stereocenters. The van der Waals surface area contributed by atoms with Gasteiger partial charge in [-0.05, 0) is 30.7 Å². The van der Waals surface area contributed by atoms with Crippen LogP contribution in [0.2, 0.25) is 0 Å². The molecular formula is C16H16N2O4. The molecule has 2 aromatic rings. The van der Waals surface area contributed by atoms with Crippen molar-refractivity contribution in [3.8, 4) is 5.75 Å². The van der Waals surface area contributed by atoms with E-state index in [-0.39, 0.29) is 24.2 Å². The normalized spacial score (nSPS) is 13.5. The molecule has 0 saturated carbocycles. The molecule has 0 aliphatic carbocycles. The number of furan rings is 1. The van der Waals surface area contributed by atoms with Crippen LogP contribution in [0, 0.1) is 0 Å². The number of benzene rings is 1. The molecule has 0 bridgehead atoms. The van der Waals surface area contributed by atoms with Crippen LogP contribution in [-0.4, -0.2) is 25.0 Å². The van der Waals surface area contributed by atoms with Gasteiger partial charge in [-0.2, -0.15) is 0 Å². The highest BCUT2D eigenvalue weighted by Gasteiger charge is 2.25. The minimum absolute atomic E-state index is 0.0165. The van der Waals surface area contributed by atoms with Crippen molar-refractivity contribution in [2.24, 2.45) is 0 Å². The van der Waals surface area contributed by atoms with E-state index in [1.165, 1.54) is 6.26 Å². The summed E-state index contributed by atoms with van der Waals surface area (Å²) in [5, 5.41) is 2.74. The summed E-state index contributed by atoms with van der Waals surface area (Å²) in [6.45, 7) is 2.68. The average Bonchev–Trinajstić information content (AvgIpc) is 3.05. The smallest absolute Gasteiger partial charge is 0.291 e. The number of hydrogen-bond donors (Lipinski definition) is 1. The first-order chi connectivity index (χ1) is 10.7. The van der Waals surface area contributed by atoms with E-state index in [9.17, 15) is 9.59 Å². The Balaban J connectivity index is 1.82. The molecule has 1 aromatic carbocycles. The van der Waals surface area contributed by atoms with Gasteiger partial charge in [0.2, 0.25) is 0 Å². The molecule has 0 saturated heterocycles. The molecule has 1 aliphatic heterocycles. The van der Waals surface area contributed by atoms with Crippen LogP contribution in [0.4, 0.5) is 11.4 Å². The van der Waals surface area contributed by atoms with Crippen molar-refractivity contribution in [1.29, 1.82) is 0 Å². The molecule has 1 aromatic heterocycles. The minimum atomic E-state index is -0.331. The van der Waals surface area contributed by atoms with Crippen LogP contribution in [-0.2, 0) is 4.79 Å². The highest BCUT2D eigenvalue weighted by atomic mass is 16.5. The highest BCUT2D eigenvalue weighted by molar-refractivity contribution is 6.03. The maximum atomic E-state index is 12.0. The number of amides is 2. The summed E-state index contributed by atoms with van der Waals surface area (Å²) in [6.07, 6.45) is 2.31.